The van der Waals surface area contributed by atoms with E-state index in [1.165, 1.54) is 33.4 Å². The zero-order chi connectivity index (χ0) is 17.2. The topological polar surface area (TPSA) is 25.8 Å². The summed E-state index contributed by atoms with van der Waals surface area (Å²) in [5.74, 6) is 0. The van der Waals surface area contributed by atoms with Gasteiger partial charge < -0.3 is 0 Å². The number of aromatic nitrogens is 2. The van der Waals surface area contributed by atoms with E-state index in [0.29, 0.717) is 0 Å². The van der Waals surface area contributed by atoms with Gasteiger partial charge in [-0.05, 0) is 103 Å². The highest BCUT2D eigenvalue weighted by molar-refractivity contribution is 5.37. The van der Waals surface area contributed by atoms with E-state index in [1.807, 2.05) is 0 Å². The van der Waals surface area contributed by atoms with Gasteiger partial charge in [-0.2, -0.15) is 0 Å². The molecular formula is C20H30N2. The van der Waals surface area contributed by atoms with Crippen molar-refractivity contribution in [3.05, 3.63) is 56.2 Å². The van der Waals surface area contributed by atoms with Gasteiger partial charge in [-0.1, -0.05) is 0 Å². The van der Waals surface area contributed by atoms with Crippen LogP contribution in [0.15, 0.2) is 0 Å². The van der Waals surface area contributed by atoms with Crippen LogP contribution in [0.5, 0.6) is 0 Å². The predicted octanol–water partition coefficient (Wildman–Crippen LogP) is 5.25. The quantitative estimate of drug-likeness (QED) is 0.664. The molecule has 0 aliphatic rings. The van der Waals surface area contributed by atoms with E-state index >= 15 is 0 Å². The summed E-state index contributed by atoms with van der Waals surface area (Å²) in [6.07, 6.45) is 0. The van der Waals surface area contributed by atoms with E-state index in [-0.39, 0.29) is 0 Å². The van der Waals surface area contributed by atoms with Gasteiger partial charge in [-0.25, -0.2) is 0 Å². The van der Waals surface area contributed by atoms with E-state index < -0.39 is 0 Å². The van der Waals surface area contributed by atoms with E-state index in [1.54, 1.807) is 0 Å². The first-order valence-corrected chi connectivity index (χ1v) is 7.89. The van der Waals surface area contributed by atoms with Crippen LogP contribution in [0, 0.1) is 69.2 Å². The summed E-state index contributed by atoms with van der Waals surface area (Å²) in [5, 5.41) is 0. The van der Waals surface area contributed by atoms with E-state index in [2.05, 4.69) is 79.2 Å². The minimum Gasteiger partial charge on any atom is -0.258 e. The molecule has 0 spiro atoms. The first-order chi connectivity index (χ1) is 10.1. The van der Waals surface area contributed by atoms with Crippen LogP contribution in [0.3, 0.4) is 0 Å². The van der Waals surface area contributed by atoms with Crippen molar-refractivity contribution in [2.45, 2.75) is 69.2 Å². The molecule has 120 valence electrons. The highest BCUT2D eigenvalue weighted by atomic mass is 14.7. The minimum atomic E-state index is 1.16. The first-order valence-electron chi connectivity index (χ1n) is 7.89. The molecule has 0 radical (unpaired) electrons. The van der Waals surface area contributed by atoms with Crippen molar-refractivity contribution in [2.24, 2.45) is 0 Å². The van der Waals surface area contributed by atoms with Gasteiger partial charge in [0.1, 0.15) is 0 Å². The fourth-order valence-electron chi connectivity index (χ4n) is 2.49. The van der Waals surface area contributed by atoms with Crippen molar-refractivity contribution in [1.29, 1.82) is 0 Å². The summed E-state index contributed by atoms with van der Waals surface area (Å²) in [5.41, 5.74) is 12.7. The molecule has 2 rings (SSSR count). The highest BCUT2D eigenvalue weighted by Crippen LogP contribution is 2.17. The Morgan fingerprint density at radius 1 is 0.318 bits per heavy atom. The molecule has 0 saturated heterocycles. The largest absolute Gasteiger partial charge is 0.258 e. The molecule has 0 bridgehead atoms. The molecule has 2 aromatic heterocycles. The summed E-state index contributed by atoms with van der Waals surface area (Å²) in [6.45, 7) is 21.1. The molecule has 2 heteroatoms. The lowest BCUT2D eigenvalue weighted by Gasteiger charge is -2.09. The molecule has 0 fully saturated rings. The summed E-state index contributed by atoms with van der Waals surface area (Å²) >= 11 is 0. The maximum absolute atomic E-state index is 4.43. The smallest absolute Gasteiger partial charge is 0.0407 e. The Kier molecular flexibility index (Phi) is 5.87. The molecule has 2 aromatic rings. The molecule has 0 aliphatic heterocycles. The summed E-state index contributed by atoms with van der Waals surface area (Å²) in [6, 6.07) is 0. The monoisotopic (exact) mass is 298 g/mol. The van der Waals surface area contributed by atoms with Gasteiger partial charge in [0.25, 0.3) is 0 Å². The van der Waals surface area contributed by atoms with Crippen molar-refractivity contribution in [1.82, 2.24) is 9.97 Å². The van der Waals surface area contributed by atoms with Crippen molar-refractivity contribution in [3.8, 4) is 0 Å². The Hall–Kier alpha value is -1.70. The second-order valence-electron chi connectivity index (χ2n) is 6.32. The maximum Gasteiger partial charge on any atom is 0.0407 e. The van der Waals surface area contributed by atoms with E-state index in [0.717, 1.165) is 22.8 Å². The van der Waals surface area contributed by atoms with Gasteiger partial charge >= 0.3 is 0 Å². The van der Waals surface area contributed by atoms with Crippen LogP contribution in [0.25, 0.3) is 0 Å². The minimum absolute atomic E-state index is 1.16. The van der Waals surface area contributed by atoms with Crippen LogP contribution < -0.4 is 0 Å². The van der Waals surface area contributed by atoms with Gasteiger partial charge in [-0.3, -0.25) is 9.97 Å². The van der Waals surface area contributed by atoms with Crippen LogP contribution in [0.1, 0.15) is 56.2 Å². The molecule has 2 nitrogen and oxygen atoms in total. The molecule has 0 aromatic carbocycles. The normalized spacial score (nSPS) is 10.3. The number of hydrogen-bond acceptors (Lipinski definition) is 2. The van der Waals surface area contributed by atoms with Gasteiger partial charge in [0, 0.05) is 22.8 Å². The van der Waals surface area contributed by atoms with Crippen molar-refractivity contribution in [3.63, 3.8) is 0 Å². The Morgan fingerprint density at radius 3 is 0.682 bits per heavy atom. The second-order valence-corrected chi connectivity index (χ2v) is 6.32. The van der Waals surface area contributed by atoms with Crippen LogP contribution in [0.4, 0.5) is 0 Å². The second kappa shape index (κ2) is 7.04. The van der Waals surface area contributed by atoms with Crippen LogP contribution in [0.2, 0.25) is 0 Å². The molecule has 0 atom stereocenters. The maximum atomic E-state index is 4.43. The first kappa shape index (κ1) is 18.3. The third-order valence-electron chi connectivity index (χ3n) is 5.09. The zero-order valence-corrected chi connectivity index (χ0v) is 15.9. The molecule has 0 unspecified atom stereocenters. The summed E-state index contributed by atoms with van der Waals surface area (Å²) in [4.78, 5) is 8.87. The Morgan fingerprint density at radius 2 is 0.500 bits per heavy atom. The van der Waals surface area contributed by atoms with Gasteiger partial charge in [-0.15, -0.1) is 0 Å². The van der Waals surface area contributed by atoms with E-state index in [9.17, 15) is 0 Å². The SMILES string of the molecule is Cc1nc(C)c(C)c(C)c1C.Cc1nc(C)c(C)c(C)c1C. The standard InChI is InChI=1S/2C10H15N/c2*1-6-7(2)9(4)11-10(5)8(6)3/h2*1-5H3. The average molecular weight is 298 g/mol. The molecule has 0 amide bonds. The van der Waals surface area contributed by atoms with E-state index in [4.69, 9.17) is 0 Å². The van der Waals surface area contributed by atoms with Crippen molar-refractivity contribution >= 4 is 0 Å². The fourth-order valence-corrected chi connectivity index (χ4v) is 2.49. The van der Waals surface area contributed by atoms with Crippen LogP contribution >= 0.6 is 0 Å². The molecule has 22 heavy (non-hydrogen) atoms. The number of hydrogen-bond donors (Lipinski definition) is 0. The Labute approximate surface area is 136 Å². The summed E-state index contributed by atoms with van der Waals surface area (Å²) in [7, 11) is 0. The zero-order valence-electron chi connectivity index (χ0n) is 15.9. The average Bonchev–Trinajstić information content (AvgIpc) is 2.47. The summed E-state index contributed by atoms with van der Waals surface area (Å²) < 4.78 is 0. The molecule has 0 saturated carbocycles. The van der Waals surface area contributed by atoms with Gasteiger partial charge in [0.2, 0.25) is 0 Å². The molecular weight excluding hydrogens is 268 g/mol. The molecule has 0 aliphatic carbocycles. The molecule has 2 heterocycles. The van der Waals surface area contributed by atoms with Crippen LogP contribution in [-0.4, -0.2) is 9.97 Å². The number of nitrogens with zero attached hydrogens (tertiary/aromatic N) is 2. The van der Waals surface area contributed by atoms with Gasteiger partial charge in [0.15, 0.2) is 0 Å². The lowest BCUT2D eigenvalue weighted by molar-refractivity contribution is 1.03. The lowest BCUT2D eigenvalue weighted by atomic mass is 10.0. The lowest BCUT2D eigenvalue weighted by Crippen LogP contribution is -1.98. The number of aryl methyl sites for hydroxylation is 4. The molecule has 0 N–H and O–H groups in total. The van der Waals surface area contributed by atoms with Gasteiger partial charge in [0.05, 0.1) is 0 Å². The third kappa shape index (κ3) is 3.73. The number of pyridine rings is 2. The highest BCUT2D eigenvalue weighted by Gasteiger charge is 2.04. The van der Waals surface area contributed by atoms with Crippen molar-refractivity contribution in [2.75, 3.05) is 0 Å². The number of rotatable bonds is 0. The fraction of sp³-hybridized carbons (Fsp3) is 0.500. The predicted molar refractivity (Wildman–Crippen MR) is 95.8 cm³/mol. The van der Waals surface area contributed by atoms with Crippen molar-refractivity contribution < 1.29 is 0 Å². The van der Waals surface area contributed by atoms with Crippen LogP contribution in [-0.2, 0) is 0 Å². The Balaban J connectivity index is 0.000000220. The Bertz CT molecular complexity index is 584. The third-order valence-corrected chi connectivity index (χ3v) is 5.09.